The monoisotopic (exact) mass is 174 g/mol. The van der Waals surface area contributed by atoms with Gasteiger partial charge >= 0.3 is 0 Å². The second kappa shape index (κ2) is 2.12. The molecule has 0 aromatic heterocycles. The largest absolute Gasteiger partial charge is 0.326 e. The molecule has 0 aromatic rings. The molecular weight excluding hydrogens is 160 g/mol. The van der Waals surface area contributed by atoms with Crippen LogP contribution >= 0.6 is 12.4 Å². The molecule has 6 fully saturated rings. The summed E-state index contributed by atoms with van der Waals surface area (Å²) in [5.41, 5.74) is 6.69. The molecule has 0 amide bonds. The summed E-state index contributed by atoms with van der Waals surface area (Å²) in [7, 11) is 0. The molecule has 6 aliphatic rings. The van der Waals surface area contributed by atoms with Crippen LogP contribution < -0.4 is 5.73 Å². The smallest absolute Gasteiger partial charge is 0.0258 e. The number of rotatable bonds is 0. The third-order valence-corrected chi connectivity index (χ3v) is 4.00. The number of piperidine rings is 5. The van der Waals surface area contributed by atoms with Crippen LogP contribution in [-0.4, -0.2) is 30.1 Å². The van der Waals surface area contributed by atoms with Gasteiger partial charge in [-0.05, 0) is 37.8 Å². The first-order valence-corrected chi connectivity index (χ1v) is 4.31. The van der Waals surface area contributed by atoms with Crippen molar-refractivity contribution in [1.82, 2.24) is 4.90 Å². The Morgan fingerprint density at radius 2 is 1.91 bits per heavy atom. The van der Waals surface area contributed by atoms with Crippen LogP contribution in [0.25, 0.3) is 0 Å². The van der Waals surface area contributed by atoms with Crippen molar-refractivity contribution >= 4 is 12.4 Å². The van der Waals surface area contributed by atoms with Crippen molar-refractivity contribution in [1.29, 1.82) is 0 Å². The molecule has 0 radical (unpaired) electrons. The van der Waals surface area contributed by atoms with E-state index in [1.54, 1.807) is 0 Å². The van der Waals surface area contributed by atoms with E-state index in [4.69, 9.17) is 5.73 Å². The van der Waals surface area contributed by atoms with E-state index in [0.717, 1.165) is 6.04 Å². The van der Waals surface area contributed by atoms with Crippen molar-refractivity contribution in [3.05, 3.63) is 0 Å². The zero-order chi connectivity index (χ0) is 6.77. The third-order valence-electron chi connectivity index (χ3n) is 4.00. The topological polar surface area (TPSA) is 29.3 Å². The molecule has 5 aliphatic heterocycles. The Hall–Kier alpha value is 0.210. The minimum absolute atomic E-state index is 0. The highest BCUT2D eigenvalue weighted by Crippen LogP contribution is 2.56. The maximum absolute atomic E-state index is 6.06. The summed E-state index contributed by atoms with van der Waals surface area (Å²) in [5.74, 6) is 0. The fraction of sp³-hybridized carbons (Fsp3) is 1.00. The first kappa shape index (κ1) is 7.84. The van der Waals surface area contributed by atoms with E-state index < -0.39 is 0 Å². The zero-order valence-electron chi connectivity index (χ0n) is 6.62. The van der Waals surface area contributed by atoms with Gasteiger partial charge in [0, 0.05) is 12.1 Å². The molecule has 1 aliphatic carbocycles. The SMILES string of the molecule is Cl.NC1C2CC13CCN2CC3. The molecule has 3 bridgehead atoms. The Morgan fingerprint density at radius 3 is 2.09 bits per heavy atom. The molecule has 2 atom stereocenters. The van der Waals surface area contributed by atoms with Crippen LogP contribution in [0.5, 0.6) is 0 Å². The predicted octanol–water partition coefficient (Wildman–Crippen LogP) is 0.604. The van der Waals surface area contributed by atoms with Gasteiger partial charge in [0.15, 0.2) is 0 Å². The number of hydrogen-bond acceptors (Lipinski definition) is 2. The van der Waals surface area contributed by atoms with Crippen molar-refractivity contribution in [3.8, 4) is 0 Å². The molecule has 11 heavy (non-hydrogen) atoms. The van der Waals surface area contributed by atoms with Crippen molar-refractivity contribution in [3.63, 3.8) is 0 Å². The van der Waals surface area contributed by atoms with Gasteiger partial charge in [-0.3, -0.25) is 4.90 Å². The van der Waals surface area contributed by atoms with Crippen LogP contribution in [0.1, 0.15) is 19.3 Å². The second-order valence-corrected chi connectivity index (χ2v) is 4.20. The molecule has 1 spiro atoms. The summed E-state index contributed by atoms with van der Waals surface area (Å²) in [4.78, 5) is 2.58. The Bertz CT molecular complexity index is 167. The molecule has 5 saturated heterocycles. The first-order chi connectivity index (χ1) is 4.82. The molecule has 2 nitrogen and oxygen atoms in total. The number of halogens is 1. The van der Waals surface area contributed by atoms with Crippen LogP contribution in [0, 0.1) is 5.41 Å². The van der Waals surface area contributed by atoms with Gasteiger partial charge in [0.1, 0.15) is 0 Å². The van der Waals surface area contributed by atoms with Crippen LogP contribution in [-0.2, 0) is 0 Å². The average molecular weight is 175 g/mol. The fourth-order valence-electron chi connectivity index (χ4n) is 3.12. The highest BCUT2D eigenvalue weighted by Gasteiger charge is 2.60. The van der Waals surface area contributed by atoms with Crippen LogP contribution in [0.3, 0.4) is 0 Å². The summed E-state index contributed by atoms with van der Waals surface area (Å²) in [5, 5.41) is 0. The van der Waals surface area contributed by atoms with Gasteiger partial charge in [0.05, 0.1) is 0 Å². The molecule has 6 rings (SSSR count). The van der Waals surface area contributed by atoms with Gasteiger partial charge in [0.25, 0.3) is 0 Å². The third kappa shape index (κ3) is 0.707. The molecule has 64 valence electrons. The van der Waals surface area contributed by atoms with Crippen LogP contribution in [0.4, 0.5) is 0 Å². The Morgan fingerprint density at radius 1 is 1.27 bits per heavy atom. The second-order valence-electron chi connectivity index (χ2n) is 4.20. The Balaban J connectivity index is 0.000000480. The molecule has 0 aromatic carbocycles. The lowest BCUT2D eigenvalue weighted by Crippen LogP contribution is -2.76. The van der Waals surface area contributed by atoms with Gasteiger partial charge in [-0.25, -0.2) is 0 Å². The standard InChI is InChI=1S/C8H14N2.ClH/c9-7-6-5-8(7)1-3-10(6)4-2-8;/h6-7H,1-5,9H2;1H. The van der Waals surface area contributed by atoms with Crippen molar-refractivity contribution in [2.24, 2.45) is 11.1 Å². The van der Waals surface area contributed by atoms with E-state index in [9.17, 15) is 0 Å². The maximum Gasteiger partial charge on any atom is 0.0258 e. The molecule has 5 heterocycles. The van der Waals surface area contributed by atoms with E-state index >= 15 is 0 Å². The Labute approximate surface area is 73.5 Å². The summed E-state index contributed by atoms with van der Waals surface area (Å²) >= 11 is 0. The van der Waals surface area contributed by atoms with Crippen LogP contribution in [0.15, 0.2) is 0 Å². The molecular formula is C8H15ClN2. The van der Waals surface area contributed by atoms with E-state index in [1.807, 2.05) is 0 Å². The summed E-state index contributed by atoms with van der Waals surface area (Å²) in [6.07, 6.45) is 4.17. The predicted molar refractivity (Wildman–Crippen MR) is 46.9 cm³/mol. The molecule has 1 saturated carbocycles. The highest BCUT2D eigenvalue weighted by molar-refractivity contribution is 5.85. The quantitative estimate of drug-likeness (QED) is 0.583. The summed E-state index contributed by atoms with van der Waals surface area (Å²) in [6, 6.07) is 1.32. The normalized spacial score (nSPS) is 58.1. The lowest BCUT2D eigenvalue weighted by Gasteiger charge is -2.67. The maximum atomic E-state index is 6.06. The molecule has 2 N–H and O–H groups in total. The lowest BCUT2D eigenvalue weighted by molar-refractivity contribution is -0.145. The van der Waals surface area contributed by atoms with Gasteiger partial charge < -0.3 is 5.73 Å². The average Bonchev–Trinajstić information content (AvgIpc) is 2.05. The molecule has 3 heteroatoms. The van der Waals surface area contributed by atoms with Gasteiger partial charge in [-0.15, -0.1) is 12.4 Å². The van der Waals surface area contributed by atoms with E-state index in [0.29, 0.717) is 11.5 Å². The van der Waals surface area contributed by atoms with E-state index in [1.165, 1.54) is 32.4 Å². The zero-order valence-corrected chi connectivity index (χ0v) is 7.44. The van der Waals surface area contributed by atoms with Gasteiger partial charge in [0.2, 0.25) is 0 Å². The van der Waals surface area contributed by atoms with Crippen molar-refractivity contribution in [2.45, 2.75) is 31.3 Å². The van der Waals surface area contributed by atoms with Crippen LogP contribution in [0.2, 0.25) is 0 Å². The number of nitrogens with two attached hydrogens (primary N) is 1. The fourth-order valence-corrected chi connectivity index (χ4v) is 3.12. The summed E-state index contributed by atoms with van der Waals surface area (Å²) < 4.78 is 0. The van der Waals surface area contributed by atoms with Gasteiger partial charge in [-0.2, -0.15) is 0 Å². The first-order valence-electron chi connectivity index (χ1n) is 4.31. The number of hydrogen-bond donors (Lipinski definition) is 1. The number of nitrogens with zero attached hydrogens (tertiary/aromatic N) is 1. The van der Waals surface area contributed by atoms with Crippen molar-refractivity contribution in [2.75, 3.05) is 13.1 Å². The minimum atomic E-state index is 0. The highest BCUT2D eigenvalue weighted by atomic mass is 35.5. The van der Waals surface area contributed by atoms with Crippen molar-refractivity contribution < 1.29 is 0 Å². The van der Waals surface area contributed by atoms with E-state index in [-0.39, 0.29) is 12.4 Å². The van der Waals surface area contributed by atoms with Gasteiger partial charge in [-0.1, -0.05) is 0 Å². The lowest BCUT2D eigenvalue weighted by atomic mass is 9.52. The summed E-state index contributed by atoms with van der Waals surface area (Å²) in [6.45, 7) is 2.66. The van der Waals surface area contributed by atoms with E-state index in [2.05, 4.69) is 4.90 Å². The minimum Gasteiger partial charge on any atom is -0.326 e. The Kier molecular flexibility index (Phi) is 1.51. The molecule has 2 unspecified atom stereocenters.